The molecule has 1 spiro atoms. The first-order valence-electron chi connectivity index (χ1n) is 8.29. The quantitative estimate of drug-likeness (QED) is 0.922. The molecule has 0 bridgehead atoms. The number of hydrogen-bond donors (Lipinski definition) is 1. The molecule has 116 valence electrons. The van der Waals surface area contributed by atoms with Gasteiger partial charge in [-0.25, -0.2) is 0 Å². The highest BCUT2D eigenvalue weighted by molar-refractivity contribution is 5.51. The lowest BCUT2D eigenvalue weighted by molar-refractivity contribution is 0.245. The highest BCUT2D eigenvalue weighted by atomic mass is 16.5. The van der Waals surface area contributed by atoms with Crippen LogP contribution >= 0.6 is 0 Å². The predicted molar refractivity (Wildman–Crippen MR) is 88.2 cm³/mol. The van der Waals surface area contributed by atoms with Gasteiger partial charge in [0.05, 0.1) is 7.11 Å². The largest absolute Gasteiger partial charge is 0.497 e. The fraction of sp³-hybridized carbons (Fsp3) is 0.667. The van der Waals surface area contributed by atoms with Crippen molar-refractivity contribution in [2.24, 2.45) is 5.92 Å². The van der Waals surface area contributed by atoms with E-state index in [0.29, 0.717) is 17.5 Å². The van der Waals surface area contributed by atoms with Crippen LogP contribution in [0.3, 0.4) is 0 Å². The van der Waals surface area contributed by atoms with E-state index in [0.717, 1.165) is 18.8 Å². The van der Waals surface area contributed by atoms with Crippen LogP contribution in [0, 0.1) is 5.92 Å². The number of piperazine rings is 1. The van der Waals surface area contributed by atoms with Gasteiger partial charge in [0.1, 0.15) is 5.75 Å². The molecule has 1 heterocycles. The summed E-state index contributed by atoms with van der Waals surface area (Å²) >= 11 is 0. The summed E-state index contributed by atoms with van der Waals surface area (Å²) in [5.41, 5.74) is 1.69. The van der Waals surface area contributed by atoms with Gasteiger partial charge in [-0.2, -0.15) is 0 Å². The minimum Gasteiger partial charge on any atom is -0.497 e. The summed E-state index contributed by atoms with van der Waals surface area (Å²) in [6.07, 6.45) is 5.39. The summed E-state index contributed by atoms with van der Waals surface area (Å²) in [5, 5.41) is 3.88. The molecular weight excluding hydrogens is 260 g/mol. The van der Waals surface area contributed by atoms with Crippen LogP contribution in [-0.4, -0.2) is 31.8 Å². The number of ether oxygens (including phenoxy) is 1. The average molecular weight is 288 g/mol. The van der Waals surface area contributed by atoms with Crippen molar-refractivity contribution in [1.29, 1.82) is 0 Å². The minimum atomic E-state index is 0.352. The Morgan fingerprint density at radius 1 is 1.19 bits per heavy atom. The number of methoxy groups -OCH3 is 1. The molecule has 0 aromatic heterocycles. The third-order valence-corrected chi connectivity index (χ3v) is 5.29. The molecule has 0 amide bonds. The number of rotatable bonds is 3. The highest BCUT2D eigenvalue weighted by Crippen LogP contribution is 2.36. The molecule has 1 N–H and O–H groups in total. The van der Waals surface area contributed by atoms with Crippen molar-refractivity contribution in [1.82, 2.24) is 5.32 Å². The molecule has 1 saturated heterocycles. The van der Waals surface area contributed by atoms with E-state index >= 15 is 0 Å². The Kier molecular flexibility index (Phi) is 4.12. The summed E-state index contributed by atoms with van der Waals surface area (Å²) in [4.78, 5) is 2.63. The first-order valence-corrected chi connectivity index (χ1v) is 8.29. The van der Waals surface area contributed by atoms with Crippen LogP contribution in [0.4, 0.5) is 5.69 Å². The van der Waals surface area contributed by atoms with E-state index < -0.39 is 0 Å². The van der Waals surface area contributed by atoms with Crippen molar-refractivity contribution in [3.05, 3.63) is 24.3 Å². The summed E-state index contributed by atoms with van der Waals surface area (Å²) in [7, 11) is 1.73. The molecule has 2 fully saturated rings. The van der Waals surface area contributed by atoms with Crippen LogP contribution in [0.1, 0.15) is 39.5 Å². The third kappa shape index (κ3) is 2.89. The molecule has 3 heteroatoms. The second-order valence-electron chi connectivity index (χ2n) is 7.01. The number of nitrogens with zero attached hydrogens (tertiary/aromatic N) is 1. The second-order valence-corrected chi connectivity index (χ2v) is 7.01. The van der Waals surface area contributed by atoms with Crippen molar-refractivity contribution in [2.75, 3.05) is 25.1 Å². The molecule has 2 aliphatic rings. The molecule has 1 aromatic rings. The maximum atomic E-state index is 5.29. The minimum absolute atomic E-state index is 0.352. The van der Waals surface area contributed by atoms with Gasteiger partial charge in [0.2, 0.25) is 0 Å². The maximum absolute atomic E-state index is 5.29. The number of benzene rings is 1. The zero-order valence-corrected chi connectivity index (χ0v) is 13.6. The lowest BCUT2D eigenvalue weighted by Gasteiger charge is -2.49. The Morgan fingerprint density at radius 2 is 1.86 bits per heavy atom. The molecular formula is C18H28N2O. The van der Waals surface area contributed by atoms with Crippen molar-refractivity contribution >= 4 is 5.69 Å². The van der Waals surface area contributed by atoms with E-state index in [4.69, 9.17) is 4.74 Å². The third-order valence-electron chi connectivity index (χ3n) is 5.29. The first-order chi connectivity index (χ1) is 10.1. The zero-order valence-electron chi connectivity index (χ0n) is 13.6. The monoisotopic (exact) mass is 288 g/mol. The highest BCUT2D eigenvalue weighted by Gasteiger charge is 2.41. The van der Waals surface area contributed by atoms with Gasteiger partial charge in [-0.15, -0.1) is 0 Å². The van der Waals surface area contributed by atoms with Crippen molar-refractivity contribution < 1.29 is 4.74 Å². The topological polar surface area (TPSA) is 24.5 Å². The van der Waals surface area contributed by atoms with Crippen LogP contribution in [-0.2, 0) is 0 Å². The first kappa shape index (κ1) is 14.7. The predicted octanol–water partition coefficient (Wildman–Crippen LogP) is 3.44. The molecule has 1 atom stereocenters. The summed E-state index contributed by atoms with van der Waals surface area (Å²) in [6, 6.07) is 9.15. The molecule has 1 aromatic carbocycles. The van der Waals surface area contributed by atoms with Gasteiger partial charge in [-0.3, -0.25) is 0 Å². The van der Waals surface area contributed by atoms with Crippen LogP contribution in [0.15, 0.2) is 24.3 Å². The van der Waals surface area contributed by atoms with Crippen molar-refractivity contribution in [2.45, 2.75) is 51.1 Å². The SMILES string of the molecule is COc1ccc(N2CC3(CCCC3)NCC2C(C)C)cc1. The Labute approximate surface area is 128 Å². The number of anilines is 1. The van der Waals surface area contributed by atoms with Gasteiger partial charge in [0.15, 0.2) is 0 Å². The molecule has 1 unspecified atom stereocenters. The van der Waals surface area contributed by atoms with Gasteiger partial charge in [0, 0.05) is 30.4 Å². The van der Waals surface area contributed by atoms with Crippen molar-refractivity contribution in [3.8, 4) is 5.75 Å². The lowest BCUT2D eigenvalue weighted by atomic mass is 9.88. The van der Waals surface area contributed by atoms with Crippen LogP contribution in [0.5, 0.6) is 5.75 Å². The van der Waals surface area contributed by atoms with Gasteiger partial charge in [-0.05, 0) is 43.0 Å². The van der Waals surface area contributed by atoms with Gasteiger partial charge in [0.25, 0.3) is 0 Å². The van der Waals surface area contributed by atoms with E-state index in [9.17, 15) is 0 Å². The molecule has 21 heavy (non-hydrogen) atoms. The number of nitrogens with one attached hydrogen (secondary N) is 1. The maximum Gasteiger partial charge on any atom is 0.119 e. The fourth-order valence-electron chi connectivity index (χ4n) is 3.97. The molecule has 0 radical (unpaired) electrons. The van der Waals surface area contributed by atoms with Crippen LogP contribution < -0.4 is 15.0 Å². The van der Waals surface area contributed by atoms with E-state index in [1.54, 1.807) is 7.11 Å². The number of hydrogen-bond acceptors (Lipinski definition) is 3. The van der Waals surface area contributed by atoms with Gasteiger partial charge in [-0.1, -0.05) is 26.7 Å². The van der Waals surface area contributed by atoms with Crippen LogP contribution in [0.2, 0.25) is 0 Å². The normalized spacial score (nSPS) is 24.8. The van der Waals surface area contributed by atoms with E-state index in [1.165, 1.54) is 31.4 Å². The van der Waals surface area contributed by atoms with E-state index in [1.807, 2.05) is 0 Å². The fourth-order valence-corrected chi connectivity index (χ4v) is 3.97. The zero-order chi connectivity index (χ0) is 14.9. The molecule has 1 saturated carbocycles. The van der Waals surface area contributed by atoms with E-state index in [2.05, 4.69) is 48.3 Å². The van der Waals surface area contributed by atoms with Gasteiger partial charge < -0.3 is 15.0 Å². The van der Waals surface area contributed by atoms with Gasteiger partial charge >= 0.3 is 0 Å². The van der Waals surface area contributed by atoms with E-state index in [-0.39, 0.29) is 0 Å². The Morgan fingerprint density at radius 3 is 2.43 bits per heavy atom. The molecule has 1 aliphatic carbocycles. The molecule has 3 rings (SSSR count). The average Bonchev–Trinajstić information content (AvgIpc) is 2.95. The lowest BCUT2D eigenvalue weighted by Crippen LogP contribution is -2.64. The molecule has 3 nitrogen and oxygen atoms in total. The Hall–Kier alpha value is -1.22. The smallest absolute Gasteiger partial charge is 0.119 e. The molecule has 1 aliphatic heterocycles. The second kappa shape index (κ2) is 5.88. The Bertz CT molecular complexity index is 463. The standard InChI is InChI=1S/C18H28N2O/c1-14(2)17-12-19-18(10-4-5-11-18)13-20(17)15-6-8-16(21-3)9-7-15/h6-9,14,17,19H,4-5,10-13H2,1-3H3. The summed E-state index contributed by atoms with van der Waals surface area (Å²) in [6.45, 7) is 6.90. The van der Waals surface area contributed by atoms with Crippen LogP contribution in [0.25, 0.3) is 0 Å². The summed E-state index contributed by atoms with van der Waals surface area (Å²) in [5.74, 6) is 1.59. The Balaban J connectivity index is 1.85. The van der Waals surface area contributed by atoms with Crippen molar-refractivity contribution in [3.63, 3.8) is 0 Å². The summed E-state index contributed by atoms with van der Waals surface area (Å²) < 4.78 is 5.29.